The number of H-pyrrole nitrogens is 1. The number of fused-ring (bicyclic) bond motifs is 1. The minimum atomic E-state index is -1.000. The Morgan fingerprint density at radius 3 is 2.90 bits per heavy atom. The number of aromatic nitrogens is 3. The summed E-state index contributed by atoms with van der Waals surface area (Å²) < 4.78 is 27.2. The number of carbonyl (C=O) groups is 1. The largest absolute Gasteiger partial charge is 0.362 e. The lowest BCUT2D eigenvalue weighted by atomic mass is 10.1. The average molecular weight is 294 g/mol. The van der Waals surface area contributed by atoms with Crippen LogP contribution < -0.4 is 10.7 Å². The summed E-state index contributed by atoms with van der Waals surface area (Å²) in [4.78, 5) is 24.0. The number of nitrogens with one attached hydrogen (secondary N) is 1. The molecule has 6 nitrogen and oxygen atoms in total. The summed E-state index contributed by atoms with van der Waals surface area (Å²) in [5, 5.41) is 7.43. The van der Waals surface area contributed by atoms with Crippen LogP contribution in [0.5, 0.6) is 0 Å². The van der Waals surface area contributed by atoms with Crippen molar-refractivity contribution in [3.63, 3.8) is 0 Å². The normalized spacial score (nSPS) is 14.1. The van der Waals surface area contributed by atoms with Crippen molar-refractivity contribution in [1.29, 1.82) is 0 Å². The van der Waals surface area contributed by atoms with Crippen LogP contribution in [0.15, 0.2) is 23.0 Å². The Hall–Kier alpha value is -2.51. The first kappa shape index (κ1) is 13.5. The van der Waals surface area contributed by atoms with Crippen molar-refractivity contribution in [2.24, 2.45) is 0 Å². The van der Waals surface area contributed by atoms with Gasteiger partial charge in [0.2, 0.25) is 5.91 Å². The van der Waals surface area contributed by atoms with Gasteiger partial charge in [0.25, 0.3) is 0 Å². The van der Waals surface area contributed by atoms with E-state index in [-0.39, 0.29) is 12.3 Å². The minimum absolute atomic E-state index is 0.117. The maximum Gasteiger partial charge on any atom is 0.362 e. The quantitative estimate of drug-likeness (QED) is 0.877. The van der Waals surface area contributed by atoms with Gasteiger partial charge in [-0.1, -0.05) is 6.07 Å². The van der Waals surface area contributed by atoms with Gasteiger partial charge in [-0.3, -0.25) is 4.79 Å². The average Bonchev–Trinajstić information content (AvgIpc) is 2.85. The maximum atomic E-state index is 13.2. The van der Waals surface area contributed by atoms with Crippen LogP contribution in [-0.2, 0) is 17.6 Å². The van der Waals surface area contributed by atoms with Crippen molar-refractivity contribution in [2.45, 2.75) is 19.3 Å². The molecule has 2 heterocycles. The van der Waals surface area contributed by atoms with Crippen LogP contribution in [0.2, 0.25) is 0 Å². The molecule has 2 aromatic rings. The van der Waals surface area contributed by atoms with Gasteiger partial charge in [-0.05, 0) is 24.1 Å². The SMILES string of the molecule is O=C(Cc1ccc(F)c(F)c1)N1CCCc2n[nH]c(=O)n21. The number of carbonyl (C=O) groups excluding carboxylic acids is 1. The van der Waals surface area contributed by atoms with E-state index in [9.17, 15) is 18.4 Å². The number of hydrogen-bond acceptors (Lipinski definition) is 3. The summed E-state index contributed by atoms with van der Waals surface area (Å²) in [6, 6.07) is 3.30. The monoisotopic (exact) mass is 294 g/mol. The Labute approximate surface area is 118 Å². The molecule has 1 aromatic carbocycles. The van der Waals surface area contributed by atoms with E-state index in [1.807, 2.05) is 0 Å². The first-order valence-electron chi connectivity index (χ1n) is 6.47. The molecule has 3 rings (SSSR count). The molecule has 1 N–H and O–H groups in total. The van der Waals surface area contributed by atoms with Crippen molar-refractivity contribution < 1.29 is 13.6 Å². The van der Waals surface area contributed by atoms with E-state index in [0.717, 1.165) is 12.1 Å². The lowest BCUT2D eigenvalue weighted by molar-refractivity contribution is -0.119. The number of benzene rings is 1. The molecule has 21 heavy (non-hydrogen) atoms. The van der Waals surface area contributed by atoms with Crippen LogP contribution in [0, 0.1) is 11.6 Å². The zero-order valence-electron chi connectivity index (χ0n) is 11.0. The van der Waals surface area contributed by atoms with Gasteiger partial charge in [-0.15, -0.1) is 0 Å². The Morgan fingerprint density at radius 1 is 1.33 bits per heavy atom. The van der Waals surface area contributed by atoms with Gasteiger partial charge in [0.05, 0.1) is 6.42 Å². The van der Waals surface area contributed by atoms with Gasteiger partial charge in [0.15, 0.2) is 17.5 Å². The van der Waals surface area contributed by atoms with E-state index in [1.54, 1.807) is 0 Å². The molecule has 1 aliphatic heterocycles. The summed E-state index contributed by atoms with van der Waals surface area (Å²) in [5.74, 6) is -1.84. The lowest BCUT2D eigenvalue weighted by Gasteiger charge is -2.27. The minimum Gasteiger partial charge on any atom is -0.273 e. The number of aryl methyl sites for hydroxylation is 1. The molecule has 1 aliphatic rings. The highest BCUT2D eigenvalue weighted by molar-refractivity contribution is 5.88. The van der Waals surface area contributed by atoms with E-state index in [0.29, 0.717) is 30.8 Å². The number of aromatic amines is 1. The van der Waals surface area contributed by atoms with Crippen LogP contribution >= 0.6 is 0 Å². The number of amides is 1. The van der Waals surface area contributed by atoms with Crippen molar-refractivity contribution in [2.75, 3.05) is 11.6 Å². The summed E-state index contributed by atoms with van der Waals surface area (Å²) in [6.45, 7) is 0.384. The molecule has 8 heteroatoms. The molecule has 1 amide bonds. The molecular weight excluding hydrogens is 282 g/mol. The first-order chi connectivity index (χ1) is 10.1. The van der Waals surface area contributed by atoms with Gasteiger partial charge in [0.1, 0.15) is 0 Å². The van der Waals surface area contributed by atoms with E-state index in [2.05, 4.69) is 10.2 Å². The molecule has 0 spiro atoms. The fourth-order valence-corrected chi connectivity index (χ4v) is 2.37. The smallest absolute Gasteiger partial charge is 0.273 e. The van der Waals surface area contributed by atoms with Crippen LogP contribution in [0.3, 0.4) is 0 Å². The van der Waals surface area contributed by atoms with E-state index >= 15 is 0 Å². The van der Waals surface area contributed by atoms with Crippen LogP contribution in [0.25, 0.3) is 0 Å². The number of halogens is 2. The Morgan fingerprint density at radius 2 is 2.14 bits per heavy atom. The number of nitrogens with zero attached hydrogens (tertiary/aromatic N) is 3. The van der Waals surface area contributed by atoms with E-state index < -0.39 is 17.3 Å². The fraction of sp³-hybridized carbons (Fsp3) is 0.308. The molecule has 0 unspecified atom stereocenters. The van der Waals surface area contributed by atoms with Crippen molar-refractivity contribution in [3.05, 3.63) is 51.7 Å². The Bertz CT molecular complexity index is 753. The highest BCUT2D eigenvalue weighted by Crippen LogP contribution is 2.12. The van der Waals surface area contributed by atoms with Gasteiger partial charge < -0.3 is 0 Å². The second-order valence-corrected chi connectivity index (χ2v) is 4.80. The predicted octanol–water partition coefficient (Wildman–Crippen LogP) is 0.503. The van der Waals surface area contributed by atoms with E-state index in [4.69, 9.17) is 0 Å². The van der Waals surface area contributed by atoms with Crippen LogP contribution in [0.1, 0.15) is 17.8 Å². The van der Waals surface area contributed by atoms with Crippen molar-refractivity contribution in [1.82, 2.24) is 14.9 Å². The second kappa shape index (κ2) is 5.12. The molecule has 0 aliphatic carbocycles. The summed E-state index contributed by atoms with van der Waals surface area (Å²) in [7, 11) is 0. The third-order valence-corrected chi connectivity index (χ3v) is 3.36. The standard InChI is InChI=1S/C13H12F2N4O2/c14-9-4-3-8(6-10(9)15)7-12(20)18-5-1-2-11-16-17-13(21)19(11)18/h3-4,6H,1-2,5,7H2,(H,17,21). The van der Waals surface area contributed by atoms with Gasteiger partial charge in [-0.2, -0.15) is 9.77 Å². The molecule has 0 saturated heterocycles. The zero-order chi connectivity index (χ0) is 15.0. The first-order valence-corrected chi connectivity index (χ1v) is 6.47. The van der Waals surface area contributed by atoms with Gasteiger partial charge in [-0.25, -0.2) is 23.7 Å². The van der Waals surface area contributed by atoms with Gasteiger partial charge in [0, 0.05) is 13.0 Å². The maximum absolute atomic E-state index is 13.2. The van der Waals surface area contributed by atoms with Crippen molar-refractivity contribution >= 4 is 5.91 Å². The highest BCUT2D eigenvalue weighted by Gasteiger charge is 2.25. The molecule has 110 valence electrons. The fourth-order valence-electron chi connectivity index (χ4n) is 2.37. The van der Waals surface area contributed by atoms with E-state index in [1.165, 1.54) is 15.8 Å². The Kier molecular flexibility index (Phi) is 3.28. The lowest BCUT2D eigenvalue weighted by Crippen LogP contribution is -2.50. The summed E-state index contributed by atoms with van der Waals surface area (Å²) >= 11 is 0. The van der Waals surface area contributed by atoms with Gasteiger partial charge >= 0.3 is 5.69 Å². The molecule has 1 aromatic heterocycles. The third kappa shape index (κ3) is 2.44. The molecule has 0 saturated carbocycles. The molecule has 0 atom stereocenters. The highest BCUT2D eigenvalue weighted by atomic mass is 19.2. The Balaban J connectivity index is 1.85. The summed E-state index contributed by atoms with van der Waals surface area (Å²) in [6.07, 6.45) is 1.18. The molecule has 0 radical (unpaired) electrons. The van der Waals surface area contributed by atoms with Crippen molar-refractivity contribution in [3.8, 4) is 0 Å². The summed E-state index contributed by atoms with van der Waals surface area (Å²) in [5.41, 5.74) is -0.133. The predicted molar refractivity (Wildman–Crippen MR) is 69.3 cm³/mol. The number of hydrogen-bond donors (Lipinski definition) is 1. The van der Waals surface area contributed by atoms with Crippen LogP contribution in [0.4, 0.5) is 8.78 Å². The molecule has 0 bridgehead atoms. The number of rotatable bonds is 2. The van der Waals surface area contributed by atoms with Crippen LogP contribution in [-0.4, -0.2) is 27.3 Å². The third-order valence-electron chi connectivity index (χ3n) is 3.36. The second-order valence-electron chi connectivity index (χ2n) is 4.80. The molecule has 0 fully saturated rings. The zero-order valence-corrected chi connectivity index (χ0v) is 11.0. The molecular formula is C13H12F2N4O2. The topological polar surface area (TPSA) is 71.0 Å².